The van der Waals surface area contributed by atoms with Gasteiger partial charge in [0.05, 0.1) is 31.8 Å². The molecule has 0 unspecified atom stereocenters. The molecule has 2 aromatic carbocycles. The number of carbonyl (C=O) groups excluding carboxylic acids is 2. The van der Waals surface area contributed by atoms with Crippen molar-refractivity contribution in [2.75, 3.05) is 39.6 Å². The van der Waals surface area contributed by atoms with Crippen molar-refractivity contribution in [1.82, 2.24) is 0 Å². The largest absolute Gasteiger partial charge is 0.507 e. The summed E-state index contributed by atoms with van der Waals surface area (Å²) in [7, 11) is 0. The maximum atomic E-state index is 13.0. The molecule has 2 aliphatic heterocycles. The number of hydrogen-bond acceptors (Lipinski definition) is 10. The van der Waals surface area contributed by atoms with Crippen LogP contribution >= 0.6 is 0 Å². The van der Waals surface area contributed by atoms with E-state index in [1.54, 1.807) is 0 Å². The number of carbonyl (C=O) groups is 2. The molecule has 10 heteroatoms. The average molecular weight is 853 g/mol. The Bertz CT molecular complexity index is 1690. The van der Waals surface area contributed by atoms with Crippen LogP contribution in [0.2, 0.25) is 0 Å². The molecule has 2 fully saturated rings. The van der Waals surface area contributed by atoms with Gasteiger partial charge in [0.25, 0.3) is 0 Å². The summed E-state index contributed by atoms with van der Waals surface area (Å²) in [5, 5.41) is 22.4. The van der Waals surface area contributed by atoms with Crippen molar-refractivity contribution in [3.05, 3.63) is 57.6 Å². The molecule has 0 atom stereocenters. The number of rotatable bonds is 16. The fraction of sp³-hybridized carbons (Fsp3) is 0.725. The Morgan fingerprint density at radius 1 is 0.557 bits per heavy atom. The van der Waals surface area contributed by atoms with E-state index >= 15 is 0 Å². The van der Waals surface area contributed by atoms with Crippen LogP contribution in [0, 0.1) is 16.2 Å². The third-order valence-corrected chi connectivity index (χ3v) is 13.1. The fourth-order valence-electron chi connectivity index (χ4n) is 7.80. The molecule has 0 saturated carbocycles. The van der Waals surface area contributed by atoms with Crippen molar-refractivity contribution < 1.29 is 48.2 Å². The summed E-state index contributed by atoms with van der Waals surface area (Å²) in [6.45, 7) is 34.8. The van der Waals surface area contributed by atoms with Crippen LogP contribution in [0.3, 0.4) is 0 Å². The zero-order chi connectivity index (χ0) is 46.0. The summed E-state index contributed by atoms with van der Waals surface area (Å²) >= 11 is 0. The number of hydrogen-bond donors (Lipinski definition) is 2. The van der Waals surface area contributed by atoms with Gasteiger partial charge < -0.3 is 38.6 Å². The van der Waals surface area contributed by atoms with Gasteiger partial charge in [0.2, 0.25) is 0 Å². The molecular formula is C51H80O10. The molecule has 2 heterocycles. The van der Waals surface area contributed by atoms with E-state index in [1.807, 2.05) is 52.0 Å². The summed E-state index contributed by atoms with van der Waals surface area (Å²) in [6.07, 6.45) is 2.02. The van der Waals surface area contributed by atoms with E-state index in [-0.39, 0.29) is 59.7 Å². The lowest BCUT2D eigenvalue weighted by molar-refractivity contribution is -0.337. The number of phenolic OH excluding ortho intramolecular Hbond substituents is 2. The normalized spacial score (nSPS) is 20.8. The first kappa shape index (κ1) is 50.5. The minimum absolute atomic E-state index is 0.132. The lowest BCUT2D eigenvalue weighted by Crippen LogP contribution is -2.57. The summed E-state index contributed by atoms with van der Waals surface area (Å²) < 4.78 is 36.6. The Kier molecular flexibility index (Phi) is 15.6. The van der Waals surface area contributed by atoms with Gasteiger partial charge in [0, 0.05) is 34.8 Å². The monoisotopic (exact) mass is 853 g/mol. The molecule has 0 radical (unpaired) electrons. The predicted octanol–water partition coefficient (Wildman–Crippen LogP) is 10.5. The fourth-order valence-corrected chi connectivity index (χ4v) is 7.80. The smallest absolute Gasteiger partial charge is 0.306 e. The molecule has 2 N–H and O–H groups in total. The van der Waals surface area contributed by atoms with Gasteiger partial charge in [-0.2, -0.15) is 0 Å². The van der Waals surface area contributed by atoms with Gasteiger partial charge >= 0.3 is 11.9 Å². The van der Waals surface area contributed by atoms with E-state index < -0.39 is 28.8 Å². The molecular weight excluding hydrogens is 773 g/mol. The minimum Gasteiger partial charge on any atom is -0.507 e. The maximum absolute atomic E-state index is 13.0. The molecule has 0 aliphatic carbocycles. The molecule has 0 aromatic heterocycles. The maximum Gasteiger partial charge on any atom is 0.306 e. The second-order valence-electron chi connectivity index (χ2n) is 22.8. The van der Waals surface area contributed by atoms with E-state index in [0.717, 1.165) is 46.2 Å². The highest BCUT2D eigenvalue weighted by Crippen LogP contribution is 2.44. The zero-order valence-corrected chi connectivity index (χ0v) is 40.6. The van der Waals surface area contributed by atoms with Crippen LogP contribution in [0.4, 0.5) is 0 Å². The van der Waals surface area contributed by atoms with Crippen LogP contribution in [0.5, 0.6) is 11.5 Å². The van der Waals surface area contributed by atoms with Crippen molar-refractivity contribution in [2.45, 2.75) is 184 Å². The Balaban J connectivity index is 1.24. The Morgan fingerprint density at radius 3 is 1.13 bits per heavy atom. The number of benzene rings is 2. The van der Waals surface area contributed by atoms with Crippen LogP contribution in [0.15, 0.2) is 24.3 Å². The number of phenols is 2. The SMILES string of the molecule is CCC(C)(C)c1cc(CCC(=O)OCC(C)(C)C2OCC3(CO2)COC(C(C)(C)COC(=O)CCc2cc(C(C)(C)C)c(O)c(C(C)(C)CC)c2)OC3)cc(C(C)(C)C)c1O. The van der Waals surface area contributed by atoms with E-state index in [1.165, 1.54) is 0 Å². The number of aryl methyl sites for hydroxylation is 2. The zero-order valence-electron chi connectivity index (χ0n) is 40.6. The lowest BCUT2D eigenvalue weighted by Gasteiger charge is -2.48. The molecule has 10 nitrogen and oxygen atoms in total. The Morgan fingerprint density at radius 2 is 0.852 bits per heavy atom. The Hall–Kier alpha value is -3.18. The van der Waals surface area contributed by atoms with Crippen LogP contribution in [0.1, 0.15) is 170 Å². The van der Waals surface area contributed by atoms with Gasteiger partial charge in [-0.25, -0.2) is 0 Å². The van der Waals surface area contributed by atoms with E-state index in [0.29, 0.717) is 50.8 Å². The molecule has 2 saturated heterocycles. The van der Waals surface area contributed by atoms with Crippen LogP contribution in [-0.4, -0.2) is 74.4 Å². The van der Waals surface area contributed by atoms with E-state index in [4.69, 9.17) is 28.4 Å². The van der Waals surface area contributed by atoms with Gasteiger partial charge in [-0.15, -0.1) is 0 Å². The molecule has 2 aliphatic rings. The summed E-state index contributed by atoms with van der Waals surface area (Å²) in [5.74, 6) is 0.0864. The van der Waals surface area contributed by atoms with Crippen molar-refractivity contribution in [2.24, 2.45) is 16.2 Å². The molecule has 0 amide bonds. The van der Waals surface area contributed by atoms with Crippen LogP contribution in [0.25, 0.3) is 0 Å². The number of ether oxygens (including phenoxy) is 6. The van der Waals surface area contributed by atoms with Gasteiger partial charge in [-0.05, 0) is 69.6 Å². The summed E-state index contributed by atoms with van der Waals surface area (Å²) in [6, 6.07) is 8.11. The van der Waals surface area contributed by atoms with Crippen molar-refractivity contribution in [1.29, 1.82) is 0 Å². The minimum atomic E-state index is -0.607. The molecule has 4 rings (SSSR count). The van der Waals surface area contributed by atoms with E-state index in [9.17, 15) is 19.8 Å². The Labute approximate surface area is 367 Å². The van der Waals surface area contributed by atoms with Crippen LogP contribution < -0.4 is 0 Å². The molecule has 0 bridgehead atoms. The van der Waals surface area contributed by atoms with Gasteiger partial charge in [-0.1, -0.05) is 135 Å². The summed E-state index contributed by atoms with van der Waals surface area (Å²) in [4.78, 5) is 26.1. The highest BCUT2D eigenvalue weighted by Gasteiger charge is 2.48. The molecule has 1 spiro atoms. The second-order valence-corrected chi connectivity index (χ2v) is 22.8. The van der Waals surface area contributed by atoms with Gasteiger partial charge in [0.1, 0.15) is 24.7 Å². The number of esters is 2. The number of aromatic hydroxyl groups is 2. The first-order valence-corrected chi connectivity index (χ1v) is 22.5. The lowest BCUT2D eigenvalue weighted by atomic mass is 9.76. The summed E-state index contributed by atoms with van der Waals surface area (Å²) in [5.41, 5.74) is 2.96. The average Bonchev–Trinajstić information content (AvgIpc) is 3.17. The first-order chi connectivity index (χ1) is 28.0. The first-order valence-electron chi connectivity index (χ1n) is 22.5. The third kappa shape index (κ3) is 12.5. The standard InChI is InChI=1S/C51H80O10/c1-17-47(9,10)37-25-33(23-35(41(37)54)45(3,4)5)19-21-39(52)56-27-49(13,14)43-58-29-51(30-59-43)31-60-44(61-32-51)50(15,16)28-57-40(53)22-20-34-24-36(46(6,7)8)42(55)38(26-34)48(11,12)18-2/h23-26,43-44,54-55H,17-22,27-32H2,1-16H3. The topological polar surface area (TPSA) is 130 Å². The predicted molar refractivity (Wildman–Crippen MR) is 240 cm³/mol. The van der Waals surface area contributed by atoms with E-state index in [2.05, 4.69) is 83.1 Å². The molecule has 344 valence electrons. The molecule has 2 aromatic rings. The highest BCUT2D eigenvalue weighted by atomic mass is 16.7. The highest BCUT2D eigenvalue weighted by molar-refractivity contribution is 5.70. The second kappa shape index (κ2) is 18.9. The van der Waals surface area contributed by atoms with Gasteiger partial charge in [0.15, 0.2) is 12.6 Å². The van der Waals surface area contributed by atoms with Crippen LogP contribution in [-0.2, 0) is 72.5 Å². The quantitative estimate of drug-likeness (QED) is 0.157. The van der Waals surface area contributed by atoms with Gasteiger partial charge in [-0.3, -0.25) is 9.59 Å². The van der Waals surface area contributed by atoms with Crippen molar-refractivity contribution >= 4 is 11.9 Å². The molecule has 61 heavy (non-hydrogen) atoms. The van der Waals surface area contributed by atoms with Crippen molar-refractivity contribution in [3.63, 3.8) is 0 Å². The van der Waals surface area contributed by atoms with Crippen molar-refractivity contribution in [3.8, 4) is 11.5 Å². The third-order valence-electron chi connectivity index (χ3n) is 13.1.